The summed E-state index contributed by atoms with van der Waals surface area (Å²) in [6.45, 7) is 0.623. The van der Waals surface area contributed by atoms with E-state index in [1.54, 1.807) is 0 Å². The molecule has 2 heterocycles. The van der Waals surface area contributed by atoms with Gasteiger partial charge in [-0.2, -0.15) is 0 Å². The van der Waals surface area contributed by atoms with Crippen molar-refractivity contribution in [3.8, 4) is 0 Å². The van der Waals surface area contributed by atoms with Crippen LogP contribution in [0.2, 0.25) is 0 Å². The van der Waals surface area contributed by atoms with E-state index in [1.807, 2.05) is 49.3 Å². The smallest absolute Gasteiger partial charge is 0.332 e. The molecule has 6 heteroatoms. The van der Waals surface area contributed by atoms with Crippen molar-refractivity contribution in [2.75, 3.05) is 25.5 Å². The van der Waals surface area contributed by atoms with Gasteiger partial charge >= 0.3 is 11.9 Å². The van der Waals surface area contributed by atoms with E-state index in [9.17, 15) is 19.8 Å². The molecule has 6 nitrogen and oxygen atoms in total. The molecule has 0 radical (unpaired) electrons. The van der Waals surface area contributed by atoms with Gasteiger partial charge in [0.2, 0.25) is 0 Å². The van der Waals surface area contributed by atoms with Gasteiger partial charge in [0.05, 0.1) is 11.6 Å². The second-order valence-corrected chi connectivity index (χ2v) is 7.90. The van der Waals surface area contributed by atoms with Gasteiger partial charge in [-0.1, -0.05) is 42.5 Å². The second kappa shape index (κ2) is 7.37. The number of anilines is 1. The number of aliphatic carboxylic acids is 2. The summed E-state index contributed by atoms with van der Waals surface area (Å²) in [4.78, 5) is 27.9. The highest BCUT2D eigenvalue weighted by molar-refractivity contribution is 5.95. The Morgan fingerprint density at radius 3 is 2.34 bits per heavy atom. The van der Waals surface area contributed by atoms with E-state index in [4.69, 9.17) is 0 Å². The molecule has 0 spiro atoms. The minimum Gasteiger partial charge on any atom is -0.478 e. The van der Waals surface area contributed by atoms with E-state index in [1.165, 1.54) is 5.56 Å². The summed E-state index contributed by atoms with van der Waals surface area (Å²) in [6, 6.07) is 15.9. The Kier molecular flexibility index (Phi) is 4.88. The molecule has 2 aromatic carbocycles. The van der Waals surface area contributed by atoms with Crippen molar-refractivity contribution < 1.29 is 19.8 Å². The lowest BCUT2D eigenvalue weighted by atomic mass is 9.82. The van der Waals surface area contributed by atoms with Crippen LogP contribution in [0.25, 0.3) is 0 Å². The number of carboxylic acids is 2. The van der Waals surface area contributed by atoms with Crippen LogP contribution in [-0.2, 0) is 16.0 Å². The molecule has 3 atom stereocenters. The van der Waals surface area contributed by atoms with Gasteiger partial charge in [0.15, 0.2) is 0 Å². The van der Waals surface area contributed by atoms with Gasteiger partial charge in [-0.15, -0.1) is 0 Å². The molecule has 0 bridgehead atoms. The van der Waals surface area contributed by atoms with Crippen LogP contribution in [0.1, 0.15) is 22.7 Å². The van der Waals surface area contributed by atoms with E-state index in [0.717, 1.165) is 29.3 Å². The summed E-state index contributed by atoms with van der Waals surface area (Å²) in [5.41, 5.74) is 4.44. The number of carbonyl (C=O) groups is 2. The first-order valence-electron chi connectivity index (χ1n) is 9.65. The first-order chi connectivity index (χ1) is 13.9. The fourth-order valence-corrected chi connectivity index (χ4v) is 4.87. The zero-order valence-corrected chi connectivity index (χ0v) is 16.4. The average Bonchev–Trinajstić information content (AvgIpc) is 3.00. The molecule has 29 heavy (non-hydrogen) atoms. The molecule has 3 unspecified atom stereocenters. The van der Waals surface area contributed by atoms with Crippen LogP contribution in [0.4, 0.5) is 5.69 Å². The van der Waals surface area contributed by atoms with Gasteiger partial charge in [-0.3, -0.25) is 0 Å². The van der Waals surface area contributed by atoms with E-state index in [2.05, 4.69) is 23.1 Å². The van der Waals surface area contributed by atoms with Crippen molar-refractivity contribution in [2.24, 2.45) is 5.92 Å². The van der Waals surface area contributed by atoms with E-state index in [0.29, 0.717) is 6.54 Å². The highest BCUT2D eigenvalue weighted by Gasteiger charge is 2.49. The predicted molar refractivity (Wildman–Crippen MR) is 110 cm³/mol. The lowest BCUT2D eigenvalue weighted by Crippen LogP contribution is -2.38. The Balaban J connectivity index is 1.97. The third-order valence-electron chi connectivity index (χ3n) is 6.08. The highest BCUT2D eigenvalue weighted by atomic mass is 16.4. The van der Waals surface area contributed by atoms with Crippen LogP contribution in [0.3, 0.4) is 0 Å². The van der Waals surface area contributed by atoms with Gasteiger partial charge in [-0.05, 0) is 43.3 Å². The van der Waals surface area contributed by atoms with Crippen LogP contribution in [-0.4, -0.2) is 53.7 Å². The fourth-order valence-electron chi connectivity index (χ4n) is 4.87. The van der Waals surface area contributed by atoms with E-state index >= 15 is 0 Å². The van der Waals surface area contributed by atoms with Gasteiger partial charge < -0.3 is 20.0 Å². The third-order valence-corrected chi connectivity index (χ3v) is 6.08. The lowest BCUT2D eigenvalue weighted by molar-refractivity contribution is -0.135. The molecule has 2 aromatic rings. The van der Waals surface area contributed by atoms with Gasteiger partial charge in [-0.25, -0.2) is 9.59 Å². The number of hydrogen-bond donors (Lipinski definition) is 2. The standard InChI is InChI=1S/C23H24N2O4/c1-24(2)19-13-25-18-10-6-4-8-15(18)11-14-7-3-5-9-16(14)22(25)21(19)17(23(28)29)12-20(26)27/h3-10,12,19,21-22H,11,13H2,1-2H3,(H,26,27)(H,28,29)/b17-12+. The summed E-state index contributed by atoms with van der Waals surface area (Å²) >= 11 is 0. The van der Waals surface area contributed by atoms with Gasteiger partial charge in [0.1, 0.15) is 0 Å². The highest BCUT2D eigenvalue weighted by Crippen LogP contribution is 2.49. The maximum Gasteiger partial charge on any atom is 0.332 e. The molecular formula is C23H24N2O4. The zero-order chi connectivity index (χ0) is 20.7. The van der Waals surface area contributed by atoms with Crippen molar-refractivity contribution in [2.45, 2.75) is 18.5 Å². The number of carboxylic acid groups (broad SMARTS) is 2. The van der Waals surface area contributed by atoms with E-state index in [-0.39, 0.29) is 17.7 Å². The number of hydrogen-bond acceptors (Lipinski definition) is 4. The number of benzene rings is 2. The summed E-state index contributed by atoms with van der Waals surface area (Å²) < 4.78 is 0. The average molecular weight is 392 g/mol. The number of fused-ring (bicyclic) bond motifs is 5. The van der Waals surface area contributed by atoms with Crippen LogP contribution >= 0.6 is 0 Å². The SMILES string of the molecule is CN(C)C1CN2c3ccccc3Cc3ccccc3C2C1/C(=C\C(=O)O)C(=O)O. The molecule has 0 aliphatic carbocycles. The van der Waals surface area contributed by atoms with Gasteiger partial charge in [0.25, 0.3) is 0 Å². The normalized spacial score (nSPS) is 23.2. The first-order valence-corrected chi connectivity index (χ1v) is 9.65. The van der Waals surface area contributed by atoms with Gasteiger partial charge in [0, 0.05) is 30.3 Å². The maximum absolute atomic E-state index is 12.1. The van der Waals surface area contributed by atoms with Crippen molar-refractivity contribution in [1.82, 2.24) is 4.90 Å². The molecule has 1 saturated heterocycles. The number of likely N-dealkylation sites (N-methyl/N-ethyl adjacent to an activating group) is 1. The Morgan fingerprint density at radius 2 is 1.69 bits per heavy atom. The topological polar surface area (TPSA) is 81.1 Å². The second-order valence-electron chi connectivity index (χ2n) is 7.90. The maximum atomic E-state index is 12.1. The Hall–Kier alpha value is -3.12. The summed E-state index contributed by atoms with van der Waals surface area (Å²) in [6.07, 6.45) is 1.64. The first kappa shape index (κ1) is 19.2. The Morgan fingerprint density at radius 1 is 1.03 bits per heavy atom. The minimum atomic E-state index is -1.24. The van der Waals surface area contributed by atoms with Crippen molar-refractivity contribution in [1.29, 1.82) is 0 Å². The predicted octanol–water partition coefficient (Wildman–Crippen LogP) is 2.79. The molecular weight excluding hydrogens is 368 g/mol. The molecule has 0 amide bonds. The number of para-hydroxylation sites is 1. The Bertz CT molecular complexity index is 998. The van der Waals surface area contributed by atoms with Crippen LogP contribution < -0.4 is 4.90 Å². The lowest BCUT2D eigenvalue weighted by Gasteiger charge is -2.31. The third kappa shape index (κ3) is 3.29. The van der Waals surface area contributed by atoms with Crippen molar-refractivity contribution in [3.63, 3.8) is 0 Å². The fraction of sp³-hybridized carbons (Fsp3) is 0.304. The summed E-state index contributed by atoms with van der Waals surface area (Å²) in [5, 5.41) is 19.3. The zero-order valence-electron chi connectivity index (χ0n) is 16.4. The van der Waals surface area contributed by atoms with E-state index < -0.39 is 17.9 Å². The molecule has 0 saturated carbocycles. The minimum absolute atomic E-state index is 0.0575. The largest absolute Gasteiger partial charge is 0.478 e. The van der Waals surface area contributed by atoms with Crippen molar-refractivity contribution in [3.05, 3.63) is 76.9 Å². The monoisotopic (exact) mass is 392 g/mol. The molecule has 150 valence electrons. The molecule has 2 aliphatic heterocycles. The quantitative estimate of drug-likeness (QED) is 0.779. The summed E-state index contributed by atoms with van der Waals surface area (Å²) in [7, 11) is 3.84. The Labute approximate surface area is 169 Å². The molecule has 0 aromatic heterocycles. The number of nitrogens with zero attached hydrogens (tertiary/aromatic N) is 2. The molecule has 2 N–H and O–H groups in total. The molecule has 1 fully saturated rings. The summed E-state index contributed by atoms with van der Waals surface area (Å²) in [5.74, 6) is -2.90. The number of rotatable bonds is 4. The van der Waals surface area contributed by atoms with Crippen LogP contribution in [0, 0.1) is 5.92 Å². The molecule has 4 rings (SSSR count). The van der Waals surface area contributed by atoms with Crippen LogP contribution in [0.15, 0.2) is 60.2 Å². The van der Waals surface area contributed by atoms with Crippen molar-refractivity contribution >= 4 is 17.6 Å². The van der Waals surface area contributed by atoms with Crippen LogP contribution in [0.5, 0.6) is 0 Å². The molecule has 2 aliphatic rings.